The number of methoxy groups -OCH3 is 1. The summed E-state index contributed by atoms with van der Waals surface area (Å²) in [7, 11) is 1.69. The molecule has 0 saturated heterocycles. The van der Waals surface area contributed by atoms with Crippen LogP contribution in [0, 0.1) is 0 Å². The van der Waals surface area contributed by atoms with Gasteiger partial charge in [0.25, 0.3) is 0 Å². The fourth-order valence-corrected chi connectivity index (χ4v) is 3.56. The van der Waals surface area contributed by atoms with Crippen LogP contribution in [0.3, 0.4) is 0 Å². The molecule has 1 aliphatic rings. The second-order valence-electron chi connectivity index (χ2n) is 5.25. The van der Waals surface area contributed by atoms with Crippen LogP contribution in [0.15, 0.2) is 34.9 Å². The van der Waals surface area contributed by atoms with Gasteiger partial charge in [0.1, 0.15) is 0 Å². The largest absolute Gasteiger partial charge is 0.383 e. The summed E-state index contributed by atoms with van der Waals surface area (Å²) in [4.78, 5) is 0. The third-order valence-corrected chi connectivity index (χ3v) is 4.72. The molecule has 1 heterocycles. The maximum Gasteiger partial charge on any atom is 0.0716 e. The monoisotopic (exact) mass is 350 g/mol. The van der Waals surface area contributed by atoms with E-state index in [1.807, 2.05) is 10.9 Å². The summed E-state index contributed by atoms with van der Waals surface area (Å²) in [6.45, 7) is 1.34. The van der Waals surface area contributed by atoms with Gasteiger partial charge in [0.2, 0.25) is 0 Å². The van der Waals surface area contributed by atoms with Gasteiger partial charge in [0.05, 0.1) is 35.6 Å². The van der Waals surface area contributed by atoms with Crippen LogP contribution in [0.2, 0.25) is 0 Å². The van der Waals surface area contributed by atoms with Crippen LogP contribution in [-0.4, -0.2) is 23.5 Å². The van der Waals surface area contributed by atoms with Gasteiger partial charge in [-0.15, -0.1) is 0 Å². The van der Waals surface area contributed by atoms with Gasteiger partial charge in [-0.25, -0.2) is 0 Å². The highest BCUT2D eigenvalue weighted by molar-refractivity contribution is 9.10. The minimum atomic E-state index is 0.0358. The first-order chi connectivity index (χ1) is 10.3. The van der Waals surface area contributed by atoms with Crippen molar-refractivity contribution in [2.45, 2.75) is 24.9 Å². The molecule has 6 heteroatoms. The molecule has 0 aliphatic heterocycles. The van der Waals surface area contributed by atoms with Crippen molar-refractivity contribution in [1.82, 2.24) is 15.2 Å². The number of benzene rings is 1. The van der Waals surface area contributed by atoms with Crippen LogP contribution in [-0.2, 0) is 17.7 Å². The number of halogens is 1. The van der Waals surface area contributed by atoms with Crippen LogP contribution in [0.25, 0.3) is 0 Å². The van der Waals surface area contributed by atoms with Gasteiger partial charge < -0.3 is 4.74 Å². The Bertz CT molecular complexity index is 628. The molecule has 1 aliphatic carbocycles. The van der Waals surface area contributed by atoms with E-state index in [1.165, 1.54) is 11.1 Å². The minimum Gasteiger partial charge on any atom is -0.383 e. The average molecular weight is 351 g/mol. The quantitative estimate of drug-likeness (QED) is 0.618. The molecule has 112 valence electrons. The molecule has 1 aromatic carbocycles. The summed E-state index contributed by atoms with van der Waals surface area (Å²) in [6.07, 6.45) is 2.85. The van der Waals surface area contributed by atoms with Crippen molar-refractivity contribution >= 4 is 15.9 Å². The molecule has 3 N–H and O–H groups in total. The summed E-state index contributed by atoms with van der Waals surface area (Å²) in [5.41, 5.74) is 6.82. The molecule has 0 fully saturated rings. The summed E-state index contributed by atoms with van der Waals surface area (Å²) < 4.78 is 8.09. The number of aromatic nitrogens is 2. The lowest BCUT2D eigenvalue weighted by molar-refractivity contribution is 0.181. The van der Waals surface area contributed by atoms with Gasteiger partial charge in [-0.3, -0.25) is 16.0 Å². The zero-order chi connectivity index (χ0) is 14.8. The van der Waals surface area contributed by atoms with Crippen molar-refractivity contribution in [1.29, 1.82) is 0 Å². The number of hydrazine groups is 1. The van der Waals surface area contributed by atoms with E-state index in [2.05, 4.69) is 50.7 Å². The molecule has 0 amide bonds. The predicted octanol–water partition coefficient (Wildman–Crippen LogP) is 2.14. The van der Waals surface area contributed by atoms with Crippen molar-refractivity contribution in [2.75, 3.05) is 13.7 Å². The first-order valence-corrected chi connectivity index (χ1v) is 7.79. The van der Waals surface area contributed by atoms with E-state index in [0.29, 0.717) is 19.1 Å². The van der Waals surface area contributed by atoms with E-state index in [4.69, 9.17) is 10.6 Å². The van der Waals surface area contributed by atoms with Crippen molar-refractivity contribution in [3.63, 3.8) is 0 Å². The van der Waals surface area contributed by atoms with Gasteiger partial charge in [-0.05, 0) is 33.5 Å². The van der Waals surface area contributed by atoms with Crippen LogP contribution < -0.4 is 11.3 Å². The number of hydrogen-bond donors (Lipinski definition) is 2. The van der Waals surface area contributed by atoms with Crippen molar-refractivity contribution in [2.24, 2.45) is 5.84 Å². The normalized spacial score (nSPS) is 18.1. The molecule has 0 radical (unpaired) electrons. The van der Waals surface area contributed by atoms with Crippen molar-refractivity contribution in [3.05, 3.63) is 51.8 Å². The first-order valence-electron chi connectivity index (χ1n) is 7.00. The molecule has 0 saturated carbocycles. The highest BCUT2D eigenvalue weighted by Gasteiger charge is 2.35. The second-order valence-corrected chi connectivity index (χ2v) is 6.10. The SMILES string of the molecule is COCCn1ncc(Br)c1C(NN)C1Cc2ccccc21. The van der Waals surface area contributed by atoms with E-state index in [-0.39, 0.29) is 6.04 Å². The standard InChI is InChI=1S/C15H19BrN4O/c1-21-7-6-20-15(13(16)9-18-20)14(19-17)12-8-10-4-2-3-5-11(10)12/h2-5,9,12,14,19H,6-8,17H2,1H3. The van der Waals surface area contributed by atoms with Crippen LogP contribution in [0.1, 0.15) is 28.8 Å². The topological polar surface area (TPSA) is 65.1 Å². The van der Waals surface area contributed by atoms with Crippen LogP contribution in [0.5, 0.6) is 0 Å². The maximum atomic E-state index is 5.85. The fraction of sp³-hybridized carbons (Fsp3) is 0.400. The Labute approximate surface area is 132 Å². The molecule has 2 unspecified atom stereocenters. The zero-order valence-corrected chi connectivity index (χ0v) is 13.5. The lowest BCUT2D eigenvalue weighted by atomic mass is 9.73. The molecule has 5 nitrogen and oxygen atoms in total. The van der Waals surface area contributed by atoms with Gasteiger partial charge in [-0.1, -0.05) is 24.3 Å². The highest BCUT2D eigenvalue weighted by Crippen LogP contribution is 2.44. The summed E-state index contributed by atoms with van der Waals surface area (Å²) in [6, 6.07) is 8.55. The number of ether oxygens (including phenoxy) is 1. The third-order valence-electron chi connectivity index (χ3n) is 4.11. The Morgan fingerprint density at radius 2 is 2.33 bits per heavy atom. The van der Waals surface area contributed by atoms with Crippen molar-refractivity contribution < 1.29 is 4.74 Å². The number of nitrogens with two attached hydrogens (primary N) is 1. The van der Waals surface area contributed by atoms with E-state index in [1.54, 1.807) is 7.11 Å². The van der Waals surface area contributed by atoms with Crippen LogP contribution in [0.4, 0.5) is 0 Å². The van der Waals surface area contributed by atoms with Gasteiger partial charge in [-0.2, -0.15) is 5.10 Å². The molecule has 2 atom stereocenters. The summed E-state index contributed by atoms with van der Waals surface area (Å²) in [5, 5.41) is 4.41. The summed E-state index contributed by atoms with van der Waals surface area (Å²) >= 11 is 3.59. The third kappa shape index (κ3) is 2.64. The second kappa shape index (κ2) is 6.27. The number of rotatable bonds is 6. The molecule has 0 spiro atoms. The van der Waals surface area contributed by atoms with Crippen molar-refractivity contribution in [3.8, 4) is 0 Å². The van der Waals surface area contributed by atoms with E-state index < -0.39 is 0 Å². The maximum absolute atomic E-state index is 5.85. The van der Waals surface area contributed by atoms with E-state index in [9.17, 15) is 0 Å². The molecule has 0 bridgehead atoms. The fourth-order valence-electron chi connectivity index (χ4n) is 3.02. The Hall–Kier alpha value is -1.21. The summed E-state index contributed by atoms with van der Waals surface area (Å²) in [5.74, 6) is 6.23. The molecule has 3 rings (SSSR count). The minimum absolute atomic E-state index is 0.0358. The highest BCUT2D eigenvalue weighted by atomic mass is 79.9. The Kier molecular flexibility index (Phi) is 4.40. The van der Waals surface area contributed by atoms with E-state index in [0.717, 1.165) is 16.6 Å². The Morgan fingerprint density at radius 1 is 1.52 bits per heavy atom. The van der Waals surface area contributed by atoms with Crippen LogP contribution >= 0.6 is 15.9 Å². The first kappa shape index (κ1) is 14.7. The Balaban J connectivity index is 1.90. The zero-order valence-electron chi connectivity index (χ0n) is 11.9. The predicted molar refractivity (Wildman–Crippen MR) is 84.8 cm³/mol. The smallest absolute Gasteiger partial charge is 0.0716 e. The molecule has 2 aromatic rings. The van der Waals surface area contributed by atoms with E-state index >= 15 is 0 Å². The van der Waals surface area contributed by atoms with Gasteiger partial charge in [0.15, 0.2) is 0 Å². The van der Waals surface area contributed by atoms with Gasteiger partial charge >= 0.3 is 0 Å². The Morgan fingerprint density at radius 3 is 3.05 bits per heavy atom. The molecule has 21 heavy (non-hydrogen) atoms. The lowest BCUT2D eigenvalue weighted by Crippen LogP contribution is -2.38. The molecule has 1 aromatic heterocycles. The number of hydrogen-bond acceptors (Lipinski definition) is 4. The number of fused-ring (bicyclic) bond motifs is 1. The molecular formula is C15H19BrN4O. The van der Waals surface area contributed by atoms with Gasteiger partial charge in [0, 0.05) is 13.0 Å². The molecular weight excluding hydrogens is 332 g/mol. The lowest BCUT2D eigenvalue weighted by Gasteiger charge is -2.36. The number of nitrogens with zero attached hydrogens (tertiary/aromatic N) is 2. The average Bonchev–Trinajstić information content (AvgIpc) is 2.84. The number of nitrogens with one attached hydrogen (secondary N) is 1.